The monoisotopic (exact) mass is 271 g/mol. The molecule has 0 spiro atoms. The van der Waals surface area contributed by atoms with E-state index in [0.29, 0.717) is 18.0 Å². The summed E-state index contributed by atoms with van der Waals surface area (Å²) in [6.07, 6.45) is 5.08. The topological polar surface area (TPSA) is 77.1 Å². The fourth-order valence-corrected chi connectivity index (χ4v) is 3.14. The number of nitrogens with two attached hydrogens (primary N) is 1. The molecule has 1 heterocycles. The summed E-state index contributed by atoms with van der Waals surface area (Å²) < 4.78 is 28.7. The van der Waals surface area contributed by atoms with Gasteiger partial charge in [-0.25, -0.2) is 13.1 Å². The molecule has 1 fully saturated rings. The number of sulfonamides is 1. The lowest BCUT2D eigenvalue weighted by atomic mass is 10.3. The van der Waals surface area contributed by atoms with Gasteiger partial charge in [0, 0.05) is 31.5 Å². The Kier molecular flexibility index (Phi) is 4.09. The molecule has 3 N–H and O–H groups in total. The van der Waals surface area contributed by atoms with Crippen molar-refractivity contribution < 1.29 is 8.42 Å². The molecular formula is C12H21N3O2S. The fourth-order valence-electron chi connectivity index (χ4n) is 2.03. The Morgan fingerprint density at radius 2 is 2.22 bits per heavy atom. The molecule has 0 amide bonds. The Morgan fingerprint density at radius 1 is 1.50 bits per heavy atom. The smallest absolute Gasteiger partial charge is 0.242 e. The summed E-state index contributed by atoms with van der Waals surface area (Å²) in [6.45, 7) is 3.58. The SMILES string of the molecule is CCn1cc(S(=O)(=O)NCCC2CC2)cc1CN. The van der Waals surface area contributed by atoms with Crippen LogP contribution in [0.2, 0.25) is 0 Å². The van der Waals surface area contributed by atoms with E-state index in [0.717, 1.165) is 24.6 Å². The summed E-state index contributed by atoms with van der Waals surface area (Å²) in [7, 11) is -3.38. The average molecular weight is 271 g/mol. The summed E-state index contributed by atoms with van der Waals surface area (Å²) in [5.74, 6) is 0.729. The summed E-state index contributed by atoms with van der Waals surface area (Å²) in [4.78, 5) is 0.320. The maximum atomic E-state index is 12.1. The Morgan fingerprint density at radius 3 is 2.72 bits per heavy atom. The quantitative estimate of drug-likeness (QED) is 0.778. The lowest BCUT2D eigenvalue weighted by molar-refractivity contribution is 0.575. The van der Waals surface area contributed by atoms with Crippen LogP contribution in [0.1, 0.15) is 31.9 Å². The predicted molar refractivity (Wildman–Crippen MR) is 70.5 cm³/mol. The van der Waals surface area contributed by atoms with Crippen molar-refractivity contribution in [3.05, 3.63) is 18.0 Å². The molecule has 0 unspecified atom stereocenters. The summed E-state index contributed by atoms with van der Waals surface area (Å²) in [5, 5.41) is 0. The number of nitrogens with one attached hydrogen (secondary N) is 1. The van der Waals surface area contributed by atoms with Gasteiger partial charge in [-0.15, -0.1) is 0 Å². The second-order valence-corrected chi connectivity index (χ2v) is 6.55. The van der Waals surface area contributed by atoms with Gasteiger partial charge in [-0.3, -0.25) is 0 Å². The van der Waals surface area contributed by atoms with Crippen molar-refractivity contribution in [2.45, 2.75) is 44.2 Å². The highest BCUT2D eigenvalue weighted by molar-refractivity contribution is 7.89. The highest BCUT2D eigenvalue weighted by Gasteiger charge is 2.22. The van der Waals surface area contributed by atoms with E-state index in [-0.39, 0.29) is 0 Å². The van der Waals surface area contributed by atoms with Crippen LogP contribution in [0.25, 0.3) is 0 Å². The number of aromatic nitrogens is 1. The van der Waals surface area contributed by atoms with Crippen molar-refractivity contribution in [3.63, 3.8) is 0 Å². The molecule has 6 heteroatoms. The van der Waals surface area contributed by atoms with Crippen molar-refractivity contribution in [2.75, 3.05) is 6.54 Å². The van der Waals surface area contributed by atoms with E-state index in [2.05, 4.69) is 4.72 Å². The van der Waals surface area contributed by atoms with Crippen LogP contribution in [0, 0.1) is 5.92 Å². The van der Waals surface area contributed by atoms with Gasteiger partial charge in [0.2, 0.25) is 10.0 Å². The average Bonchev–Trinajstić information content (AvgIpc) is 3.05. The van der Waals surface area contributed by atoms with Gasteiger partial charge in [-0.1, -0.05) is 12.8 Å². The predicted octanol–water partition coefficient (Wildman–Crippen LogP) is 1.05. The first-order valence-corrected chi connectivity index (χ1v) is 7.94. The van der Waals surface area contributed by atoms with Crippen LogP contribution < -0.4 is 10.5 Å². The molecule has 1 aromatic heterocycles. The van der Waals surface area contributed by atoms with Crippen LogP contribution in [0.15, 0.2) is 17.2 Å². The van der Waals surface area contributed by atoms with E-state index < -0.39 is 10.0 Å². The molecule has 18 heavy (non-hydrogen) atoms. The van der Waals surface area contributed by atoms with E-state index in [1.165, 1.54) is 12.8 Å². The fraction of sp³-hybridized carbons (Fsp3) is 0.667. The third kappa shape index (κ3) is 3.13. The Labute approximate surface area is 108 Å². The standard InChI is InChI=1S/C12H21N3O2S/c1-2-15-9-12(7-11(15)8-13)18(16,17)14-6-5-10-3-4-10/h7,9-10,14H,2-6,8,13H2,1H3. The highest BCUT2D eigenvalue weighted by Crippen LogP contribution is 2.31. The minimum atomic E-state index is -3.38. The third-order valence-electron chi connectivity index (χ3n) is 3.36. The second kappa shape index (κ2) is 5.42. The van der Waals surface area contributed by atoms with Gasteiger partial charge in [-0.05, 0) is 25.3 Å². The number of aryl methyl sites for hydroxylation is 1. The zero-order valence-electron chi connectivity index (χ0n) is 10.7. The van der Waals surface area contributed by atoms with E-state index in [9.17, 15) is 8.42 Å². The lowest BCUT2D eigenvalue weighted by Crippen LogP contribution is -2.24. The molecule has 1 aliphatic carbocycles. The molecule has 1 saturated carbocycles. The van der Waals surface area contributed by atoms with Crippen LogP contribution in [-0.4, -0.2) is 19.5 Å². The lowest BCUT2D eigenvalue weighted by Gasteiger charge is -2.04. The minimum Gasteiger partial charge on any atom is -0.349 e. The molecule has 1 aromatic rings. The van der Waals surface area contributed by atoms with Crippen molar-refractivity contribution >= 4 is 10.0 Å². The Balaban J connectivity index is 2.05. The maximum Gasteiger partial charge on any atom is 0.242 e. The normalized spacial score (nSPS) is 16.1. The van der Waals surface area contributed by atoms with Crippen LogP contribution in [0.4, 0.5) is 0 Å². The van der Waals surface area contributed by atoms with Crippen LogP contribution in [-0.2, 0) is 23.1 Å². The molecule has 2 rings (SSSR count). The first-order valence-electron chi connectivity index (χ1n) is 6.45. The molecule has 5 nitrogen and oxygen atoms in total. The Bertz CT molecular complexity index is 482. The largest absolute Gasteiger partial charge is 0.349 e. The van der Waals surface area contributed by atoms with Gasteiger partial charge >= 0.3 is 0 Å². The van der Waals surface area contributed by atoms with Gasteiger partial charge in [-0.2, -0.15) is 0 Å². The molecule has 1 aliphatic rings. The van der Waals surface area contributed by atoms with Crippen molar-refractivity contribution in [1.82, 2.24) is 9.29 Å². The molecule has 0 aliphatic heterocycles. The van der Waals surface area contributed by atoms with Gasteiger partial charge in [0.1, 0.15) is 0 Å². The molecule has 102 valence electrons. The molecule has 0 radical (unpaired) electrons. The summed E-state index contributed by atoms with van der Waals surface area (Å²) >= 11 is 0. The van der Waals surface area contributed by atoms with Crippen LogP contribution in [0.3, 0.4) is 0 Å². The van der Waals surface area contributed by atoms with E-state index >= 15 is 0 Å². The maximum absolute atomic E-state index is 12.1. The van der Waals surface area contributed by atoms with E-state index in [1.54, 1.807) is 12.3 Å². The molecule has 0 bridgehead atoms. The van der Waals surface area contributed by atoms with Gasteiger partial charge in [0.05, 0.1) is 4.90 Å². The molecule has 0 saturated heterocycles. The Hall–Kier alpha value is -0.850. The zero-order valence-corrected chi connectivity index (χ0v) is 11.5. The number of hydrogen-bond donors (Lipinski definition) is 2. The number of rotatable bonds is 7. The van der Waals surface area contributed by atoms with Crippen LogP contribution in [0.5, 0.6) is 0 Å². The number of nitrogens with zero attached hydrogens (tertiary/aromatic N) is 1. The number of hydrogen-bond acceptors (Lipinski definition) is 3. The van der Waals surface area contributed by atoms with Crippen molar-refractivity contribution in [2.24, 2.45) is 11.7 Å². The minimum absolute atomic E-state index is 0.320. The van der Waals surface area contributed by atoms with Crippen molar-refractivity contribution in [1.29, 1.82) is 0 Å². The van der Waals surface area contributed by atoms with Crippen LogP contribution >= 0.6 is 0 Å². The van der Waals surface area contributed by atoms with Gasteiger partial charge in [0.25, 0.3) is 0 Å². The second-order valence-electron chi connectivity index (χ2n) is 4.79. The molecule has 0 atom stereocenters. The summed E-state index contributed by atoms with van der Waals surface area (Å²) in [6, 6.07) is 1.66. The third-order valence-corrected chi connectivity index (χ3v) is 4.79. The summed E-state index contributed by atoms with van der Waals surface area (Å²) in [5.41, 5.74) is 6.44. The van der Waals surface area contributed by atoms with Gasteiger partial charge in [0.15, 0.2) is 0 Å². The first kappa shape index (κ1) is 13.6. The zero-order chi connectivity index (χ0) is 13.2. The highest BCUT2D eigenvalue weighted by atomic mass is 32.2. The van der Waals surface area contributed by atoms with Crippen molar-refractivity contribution in [3.8, 4) is 0 Å². The van der Waals surface area contributed by atoms with E-state index in [4.69, 9.17) is 5.73 Å². The first-order chi connectivity index (χ1) is 8.56. The molecule has 0 aromatic carbocycles. The van der Waals surface area contributed by atoms with E-state index in [1.807, 2.05) is 11.5 Å². The van der Waals surface area contributed by atoms with Gasteiger partial charge < -0.3 is 10.3 Å². The molecular weight excluding hydrogens is 250 g/mol.